The highest BCUT2D eigenvalue weighted by molar-refractivity contribution is 7.98. The molecule has 0 unspecified atom stereocenters. The Morgan fingerprint density at radius 3 is 2.72 bits per heavy atom. The third-order valence-electron chi connectivity index (χ3n) is 5.98. The Morgan fingerprint density at radius 2 is 1.94 bits per heavy atom. The van der Waals surface area contributed by atoms with Crippen LogP contribution in [-0.2, 0) is 17.9 Å². The van der Waals surface area contributed by atoms with Gasteiger partial charge in [-0.25, -0.2) is 0 Å². The number of thiophene rings is 1. The fraction of sp³-hybridized carbons (Fsp3) is 0.200. The van der Waals surface area contributed by atoms with Crippen LogP contribution >= 0.6 is 23.1 Å². The number of hydrogen-bond donors (Lipinski definition) is 1. The van der Waals surface area contributed by atoms with Crippen LogP contribution in [0.4, 0.5) is 5.69 Å². The van der Waals surface area contributed by atoms with Crippen LogP contribution in [0.15, 0.2) is 77.0 Å². The van der Waals surface area contributed by atoms with Crippen molar-refractivity contribution in [3.05, 3.63) is 83.4 Å². The number of carbonyl (C=O) groups excluding carboxylic acids is 2. The third-order valence-corrected chi connectivity index (χ3v) is 7.66. The molecule has 2 amide bonds. The van der Waals surface area contributed by atoms with Crippen molar-refractivity contribution in [1.29, 1.82) is 0 Å². The summed E-state index contributed by atoms with van der Waals surface area (Å²) in [7, 11) is 0. The summed E-state index contributed by atoms with van der Waals surface area (Å²) >= 11 is 3.21. The van der Waals surface area contributed by atoms with E-state index < -0.39 is 5.54 Å². The molecule has 2 aromatic heterocycles. The van der Waals surface area contributed by atoms with Gasteiger partial charge in [-0.05, 0) is 54.5 Å². The van der Waals surface area contributed by atoms with E-state index in [4.69, 9.17) is 0 Å². The predicted octanol–water partition coefficient (Wildman–Crippen LogP) is 5.16. The molecule has 0 aliphatic carbocycles. The summed E-state index contributed by atoms with van der Waals surface area (Å²) < 4.78 is 2.00. The van der Waals surface area contributed by atoms with Crippen LogP contribution in [0.5, 0.6) is 0 Å². The number of fused-ring (bicyclic) bond motifs is 3. The Labute approximate surface area is 195 Å². The maximum Gasteiger partial charge on any atom is 0.275 e. The molecule has 1 N–H and O–H groups in total. The SMILES string of the molecule is CSc1cccc(N2C(=O)c3cc4ccsc4n3C[C@@]2(C)C(=O)NCc2ccccc2)c1. The van der Waals surface area contributed by atoms with Gasteiger partial charge in [-0.3, -0.25) is 14.5 Å². The zero-order chi connectivity index (χ0) is 22.3. The first-order valence-electron chi connectivity index (χ1n) is 10.4. The van der Waals surface area contributed by atoms with Crippen molar-refractivity contribution in [3.63, 3.8) is 0 Å². The van der Waals surface area contributed by atoms with E-state index in [1.165, 1.54) is 0 Å². The number of hydrogen-bond acceptors (Lipinski definition) is 4. The van der Waals surface area contributed by atoms with Crippen LogP contribution in [0.1, 0.15) is 23.0 Å². The Bertz CT molecular complexity index is 1310. The quantitative estimate of drug-likeness (QED) is 0.418. The van der Waals surface area contributed by atoms with E-state index in [-0.39, 0.29) is 11.8 Å². The zero-order valence-corrected chi connectivity index (χ0v) is 19.5. The smallest absolute Gasteiger partial charge is 0.275 e. The van der Waals surface area contributed by atoms with E-state index in [0.717, 1.165) is 26.4 Å². The van der Waals surface area contributed by atoms with Crippen LogP contribution < -0.4 is 10.2 Å². The lowest BCUT2D eigenvalue weighted by Crippen LogP contribution is -2.64. The van der Waals surface area contributed by atoms with Gasteiger partial charge in [-0.15, -0.1) is 23.1 Å². The number of benzene rings is 2. The maximum atomic E-state index is 13.8. The second-order valence-electron chi connectivity index (χ2n) is 8.08. The van der Waals surface area contributed by atoms with Gasteiger partial charge >= 0.3 is 0 Å². The first-order chi connectivity index (χ1) is 15.5. The van der Waals surface area contributed by atoms with E-state index in [9.17, 15) is 9.59 Å². The predicted molar refractivity (Wildman–Crippen MR) is 132 cm³/mol. The topological polar surface area (TPSA) is 54.3 Å². The average molecular weight is 462 g/mol. The molecular formula is C25H23N3O2S2. The Hall–Kier alpha value is -3.03. The van der Waals surface area contributed by atoms with Crippen molar-refractivity contribution in [2.24, 2.45) is 0 Å². The minimum Gasteiger partial charge on any atom is -0.350 e. The van der Waals surface area contributed by atoms with Gasteiger partial charge in [0.15, 0.2) is 0 Å². The molecule has 0 radical (unpaired) electrons. The Balaban J connectivity index is 1.58. The molecule has 5 rings (SSSR count). The molecule has 5 nitrogen and oxygen atoms in total. The minimum absolute atomic E-state index is 0.157. The molecule has 1 atom stereocenters. The molecule has 162 valence electrons. The second kappa shape index (κ2) is 8.15. The van der Waals surface area contributed by atoms with Crippen molar-refractivity contribution in [1.82, 2.24) is 9.88 Å². The molecule has 0 saturated carbocycles. The van der Waals surface area contributed by atoms with E-state index in [1.54, 1.807) is 28.0 Å². The first kappa shape index (κ1) is 20.8. The summed E-state index contributed by atoms with van der Waals surface area (Å²) in [6, 6.07) is 21.6. The number of thioether (sulfide) groups is 1. The van der Waals surface area contributed by atoms with Gasteiger partial charge in [-0.2, -0.15) is 0 Å². The van der Waals surface area contributed by atoms with Crippen molar-refractivity contribution in [3.8, 4) is 0 Å². The summed E-state index contributed by atoms with van der Waals surface area (Å²) in [5.41, 5.74) is 1.29. The van der Waals surface area contributed by atoms with Gasteiger partial charge in [0.05, 0.1) is 6.54 Å². The van der Waals surface area contributed by atoms with Gasteiger partial charge in [-0.1, -0.05) is 36.4 Å². The van der Waals surface area contributed by atoms with Gasteiger partial charge in [0, 0.05) is 22.5 Å². The summed E-state index contributed by atoms with van der Waals surface area (Å²) in [6.45, 7) is 2.66. The molecule has 0 fully saturated rings. The van der Waals surface area contributed by atoms with Gasteiger partial charge in [0.25, 0.3) is 5.91 Å². The fourth-order valence-electron chi connectivity index (χ4n) is 4.32. The van der Waals surface area contributed by atoms with Crippen molar-refractivity contribution >= 4 is 50.8 Å². The average Bonchev–Trinajstić information content (AvgIpc) is 3.41. The van der Waals surface area contributed by atoms with Gasteiger partial charge in [0.1, 0.15) is 16.1 Å². The lowest BCUT2D eigenvalue weighted by atomic mass is 9.93. The van der Waals surface area contributed by atoms with E-state index >= 15 is 0 Å². The monoisotopic (exact) mass is 461 g/mol. The molecule has 4 aromatic rings. The van der Waals surface area contributed by atoms with Crippen LogP contribution in [0.3, 0.4) is 0 Å². The lowest BCUT2D eigenvalue weighted by Gasteiger charge is -2.44. The molecular weight excluding hydrogens is 438 g/mol. The Kier molecular flexibility index (Phi) is 5.31. The molecule has 3 heterocycles. The van der Waals surface area contributed by atoms with Crippen LogP contribution in [0, 0.1) is 0 Å². The number of nitrogens with one attached hydrogen (secondary N) is 1. The fourth-order valence-corrected chi connectivity index (χ4v) is 5.67. The maximum absolute atomic E-state index is 13.8. The van der Waals surface area contributed by atoms with Crippen LogP contribution in [-0.4, -0.2) is 28.2 Å². The third kappa shape index (κ3) is 3.42. The molecule has 2 aromatic carbocycles. The first-order valence-corrected chi connectivity index (χ1v) is 12.5. The number of amides is 2. The van der Waals surface area contributed by atoms with Crippen molar-refractivity contribution in [2.75, 3.05) is 11.2 Å². The summed E-state index contributed by atoms with van der Waals surface area (Å²) in [5, 5.41) is 6.12. The van der Waals surface area contributed by atoms with Crippen LogP contribution in [0.25, 0.3) is 10.2 Å². The summed E-state index contributed by atoms with van der Waals surface area (Å²) in [6.07, 6.45) is 2.00. The normalized spacial score (nSPS) is 18.1. The highest BCUT2D eigenvalue weighted by Gasteiger charge is 2.48. The molecule has 0 spiro atoms. The zero-order valence-electron chi connectivity index (χ0n) is 17.9. The molecule has 7 heteroatoms. The molecule has 1 aliphatic rings. The minimum atomic E-state index is -1.08. The molecule has 1 aliphatic heterocycles. The lowest BCUT2D eigenvalue weighted by molar-refractivity contribution is -0.126. The summed E-state index contributed by atoms with van der Waals surface area (Å²) in [4.78, 5) is 31.2. The molecule has 32 heavy (non-hydrogen) atoms. The standard InChI is InChI=1S/C25H23N3O2S2/c1-25(24(30)26-15-17-7-4-3-5-8-17)16-27-21(13-18-11-12-32-23(18)27)22(29)28(25)19-9-6-10-20(14-19)31-2/h3-14H,15-16H2,1-2H3,(H,26,30)/t25-/m0/s1. The number of nitrogens with zero attached hydrogens (tertiary/aromatic N) is 2. The highest BCUT2D eigenvalue weighted by atomic mass is 32.2. The van der Waals surface area contributed by atoms with Gasteiger partial charge < -0.3 is 9.88 Å². The highest BCUT2D eigenvalue weighted by Crippen LogP contribution is 2.38. The largest absolute Gasteiger partial charge is 0.350 e. The number of rotatable bonds is 5. The number of carbonyl (C=O) groups is 2. The van der Waals surface area contributed by atoms with Crippen LogP contribution in [0.2, 0.25) is 0 Å². The van der Waals surface area contributed by atoms with E-state index in [2.05, 4.69) is 5.32 Å². The van der Waals surface area contributed by atoms with Crippen molar-refractivity contribution in [2.45, 2.75) is 30.4 Å². The second-order valence-corrected chi connectivity index (χ2v) is 9.86. The molecule has 0 saturated heterocycles. The Morgan fingerprint density at radius 1 is 1.12 bits per heavy atom. The number of aromatic nitrogens is 1. The van der Waals surface area contributed by atoms with Gasteiger partial charge in [0.2, 0.25) is 5.91 Å². The summed E-state index contributed by atoms with van der Waals surface area (Å²) in [5.74, 6) is -0.330. The molecule has 0 bridgehead atoms. The number of anilines is 1. The van der Waals surface area contributed by atoms with E-state index in [0.29, 0.717) is 18.8 Å². The van der Waals surface area contributed by atoms with E-state index in [1.807, 2.05) is 89.9 Å². The van der Waals surface area contributed by atoms with Crippen molar-refractivity contribution < 1.29 is 9.59 Å².